The summed E-state index contributed by atoms with van der Waals surface area (Å²) in [6, 6.07) is 0. The lowest BCUT2D eigenvalue weighted by Crippen LogP contribution is -2.31. The number of thiol groups is 1. The van der Waals surface area contributed by atoms with Gasteiger partial charge in [-0.1, -0.05) is 0 Å². The van der Waals surface area contributed by atoms with Gasteiger partial charge in [0.25, 0.3) is 0 Å². The Morgan fingerprint density at radius 3 is 1.43 bits per heavy atom. The number of ether oxygens (including phenoxy) is 2. The Morgan fingerprint density at radius 2 is 1.21 bits per heavy atom. The number of esters is 2. The normalized spacial score (nSPS) is 10.9. The molecule has 82 valence electrons. The highest BCUT2D eigenvalue weighted by Gasteiger charge is 2.26. The Morgan fingerprint density at radius 1 is 0.929 bits per heavy atom. The number of hydrogen-bond acceptors (Lipinski definition) is 5. The molecule has 14 heavy (non-hydrogen) atoms. The van der Waals surface area contributed by atoms with E-state index in [-0.39, 0.29) is 12.2 Å². The lowest BCUT2D eigenvalue weighted by Gasteiger charge is -2.14. The summed E-state index contributed by atoms with van der Waals surface area (Å²) in [6.45, 7) is 6.80. The highest BCUT2D eigenvalue weighted by atomic mass is 32.1. The van der Waals surface area contributed by atoms with Crippen LogP contribution >= 0.6 is 12.6 Å². The molecule has 0 aliphatic carbocycles. The number of carbonyl (C=O) groups excluding carboxylic acids is 2. The summed E-state index contributed by atoms with van der Waals surface area (Å²) in [5, 5.41) is -1.15. The monoisotopic (exact) mass is 220 g/mol. The van der Waals surface area contributed by atoms with Crippen molar-refractivity contribution in [2.45, 2.75) is 45.2 Å². The smallest absolute Gasteiger partial charge is 0.330 e. The molecule has 5 heteroatoms. The molecule has 0 rings (SSSR count). The average molecular weight is 220 g/mol. The maximum atomic E-state index is 11.2. The summed E-state index contributed by atoms with van der Waals surface area (Å²) >= 11 is 3.82. The third-order valence-electron chi connectivity index (χ3n) is 1.15. The molecule has 0 aromatic rings. The second-order valence-electron chi connectivity index (χ2n) is 3.37. The van der Waals surface area contributed by atoms with Gasteiger partial charge in [-0.3, -0.25) is 9.59 Å². The number of carbonyl (C=O) groups is 2. The Hall–Kier alpha value is -0.710. The maximum absolute atomic E-state index is 11.2. The van der Waals surface area contributed by atoms with Gasteiger partial charge in [0.2, 0.25) is 0 Å². The fourth-order valence-corrected chi connectivity index (χ4v) is 0.811. The van der Waals surface area contributed by atoms with E-state index in [1.54, 1.807) is 27.7 Å². The molecule has 0 N–H and O–H groups in total. The van der Waals surface area contributed by atoms with E-state index in [0.29, 0.717) is 0 Å². The van der Waals surface area contributed by atoms with Crippen LogP contribution in [0.1, 0.15) is 27.7 Å². The lowest BCUT2D eigenvalue weighted by molar-refractivity contribution is -0.157. The Labute approximate surface area is 89.4 Å². The highest BCUT2D eigenvalue weighted by molar-refractivity contribution is 7.82. The van der Waals surface area contributed by atoms with Crippen molar-refractivity contribution in [2.75, 3.05) is 0 Å². The van der Waals surface area contributed by atoms with E-state index in [4.69, 9.17) is 9.47 Å². The second-order valence-corrected chi connectivity index (χ2v) is 3.89. The second kappa shape index (κ2) is 5.90. The van der Waals surface area contributed by atoms with Crippen molar-refractivity contribution in [3.8, 4) is 0 Å². The van der Waals surface area contributed by atoms with Crippen LogP contribution in [0.3, 0.4) is 0 Å². The number of rotatable bonds is 4. The van der Waals surface area contributed by atoms with Crippen molar-refractivity contribution < 1.29 is 19.1 Å². The molecular formula is C9H16O4S. The molecule has 0 saturated carbocycles. The molecule has 0 heterocycles. The van der Waals surface area contributed by atoms with Gasteiger partial charge in [-0.25, -0.2) is 0 Å². The fourth-order valence-electron chi connectivity index (χ4n) is 0.690. The summed E-state index contributed by atoms with van der Waals surface area (Å²) in [7, 11) is 0. The zero-order valence-corrected chi connectivity index (χ0v) is 9.71. The molecular weight excluding hydrogens is 204 g/mol. The quantitative estimate of drug-likeness (QED) is 0.439. The van der Waals surface area contributed by atoms with E-state index >= 15 is 0 Å². The molecule has 0 saturated heterocycles. The Kier molecular flexibility index (Phi) is 5.60. The molecule has 0 fully saturated rings. The molecule has 0 bridgehead atoms. The number of hydrogen-bond donors (Lipinski definition) is 1. The predicted molar refractivity (Wildman–Crippen MR) is 55.2 cm³/mol. The summed E-state index contributed by atoms with van der Waals surface area (Å²) in [5.74, 6) is -1.34. The van der Waals surface area contributed by atoms with Crippen molar-refractivity contribution >= 4 is 24.6 Å². The van der Waals surface area contributed by atoms with Crippen LogP contribution in [0.15, 0.2) is 0 Å². The van der Waals surface area contributed by atoms with Crippen LogP contribution in [0.25, 0.3) is 0 Å². The average Bonchev–Trinajstić information content (AvgIpc) is 2.00. The van der Waals surface area contributed by atoms with Crippen molar-refractivity contribution in [3.63, 3.8) is 0 Å². The van der Waals surface area contributed by atoms with E-state index in [1.165, 1.54) is 0 Å². The first-order valence-electron chi connectivity index (χ1n) is 4.43. The van der Waals surface area contributed by atoms with Gasteiger partial charge < -0.3 is 9.47 Å². The molecule has 0 spiro atoms. The first kappa shape index (κ1) is 13.3. The Balaban J connectivity index is 4.11. The minimum absolute atomic E-state index is 0.260. The van der Waals surface area contributed by atoms with Gasteiger partial charge in [-0.05, 0) is 27.7 Å². The first-order chi connectivity index (χ1) is 6.34. The molecule has 4 nitrogen and oxygen atoms in total. The van der Waals surface area contributed by atoms with Crippen LogP contribution in [0.2, 0.25) is 0 Å². The molecule has 0 unspecified atom stereocenters. The minimum Gasteiger partial charge on any atom is -0.462 e. The van der Waals surface area contributed by atoms with E-state index < -0.39 is 17.2 Å². The SMILES string of the molecule is CC(C)OC(=O)C(S)C(=O)OC(C)C. The molecule has 0 radical (unpaired) electrons. The summed E-state index contributed by atoms with van der Waals surface area (Å²) in [4.78, 5) is 22.4. The van der Waals surface area contributed by atoms with E-state index in [9.17, 15) is 9.59 Å². The van der Waals surface area contributed by atoms with Crippen LogP contribution in [0.5, 0.6) is 0 Å². The summed E-state index contributed by atoms with van der Waals surface area (Å²) in [5.41, 5.74) is 0. The fraction of sp³-hybridized carbons (Fsp3) is 0.778. The van der Waals surface area contributed by atoms with Crippen LogP contribution in [-0.4, -0.2) is 29.4 Å². The van der Waals surface area contributed by atoms with Gasteiger partial charge in [0.1, 0.15) is 0 Å². The molecule has 0 aliphatic heterocycles. The standard InChI is InChI=1S/C9H16O4S/c1-5(2)12-8(10)7(14)9(11)13-6(3)4/h5-7,14H,1-4H3. The van der Waals surface area contributed by atoms with Gasteiger partial charge in [0.05, 0.1) is 12.2 Å². The highest BCUT2D eigenvalue weighted by Crippen LogP contribution is 2.05. The van der Waals surface area contributed by atoms with Crippen LogP contribution in [-0.2, 0) is 19.1 Å². The first-order valence-corrected chi connectivity index (χ1v) is 4.95. The summed E-state index contributed by atoms with van der Waals surface area (Å²) in [6.07, 6.45) is -0.520. The molecule has 0 atom stereocenters. The zero-order chi connectivity index (χ0) is 11.3. The van der Waals surface area contributed by atoms with Gasteiger partial charge in [0.15, 0.2) is 5.25 Å². The molecule has 0 aromatic heterocycles. The zero-order valence-electron chi connectivity index (χ0n) is 8.81. The predicted octanol–water partition coefficient (Wildman–Crippen LogP) is 1.19. The maximum Gasteiger partial charge on any atom is 0.330 e. The molecule has 0 aromatic carbocycles. The van der Waals surface area contributed by atoms with E-state index in [2.05, 4.69) is 12.6 Å². The van der Waals surface area contributed by atoms with E-state index in [0.717, 1.165) is 0 Å². The molecule has 0 aliphatic rings. The third kappa shape index (κ3) is 5.11. The van der Waals surface area contributed by atoms with Crippen molar-refractivity contribution in [3.05, 3.63) is 0 Å². The minimum atomic E-state index is -1.15. The van der Waals surface area contributed by atoms with Gasteiger partial charge in [-0.2, -0.15) is 12.6 Å². The van der Waals surface area contributed by atoms with Gasteiger partial charge >= 0.3 is 11.9 Å². The van der Waals surface area contributed by atoms with Crippen molar-refractivity contribution in [2.24, 2.45) is 0 Å². The lowest BCUT2D eigenvalue weighted by atomic mass is 10.4. The topological polar surface area (TPSA) is 52.6 Å². The van der Waals surface area contributed by atoms with Crippen LogP contribution in [0, 0.1) is 0 Å². The van der Waals surface area contributed by atoms with Crippen molar-refractivity contribution in [1.82, 2.24) is 0 Å². The van der Waals surface area contributed by atoms with Crippen LogP contribution in [0.4, 0.5) is 0 Å². The van der Waals surface area contributed by atoms with Gasteiger partial charge in [-0.15, -0.1) is 0 Å². The summed E-state index contributed by atoms with van der Waals surface area (Å²) < 4.78 is 9.60. The van der Waals surface area contributed by atoms with Crippen molar-refractivity contribution in [1.29, 1.82) is 0 Å². The van der Waals surface area contributed by atoms with Gasteiger partial charge in [0, 0.05) is 0 Å². The third-order valence-corrected chi connectivity index (χ3v) is 1.57. The largest absolute Gasteiger partial charge is 0.462 e. The van der Waals surface area contributed by atoms with Crippen LogP contribution < -0.4 is 0 Å². The Bertz CT molecular complexity index is 191. The molecule has 0 amide bonds. The van der Waals surface area contributed by atoms with E-state index in [1.807, 2.05) is 0 Å².